The van der Waals surface area contributed by atoms with Crippen molar-refractivity contribution in [3.8, 4) is 5.75 Å². The maximum absolute atomic E-state index is 12.6. The van der Waals surface area contributed by atoms with E-state index in [9.17, 15) is 35.8 Å². The van der Waals surface area contributed by atoms with Crippen LogP contribution in [0.5, 0.6) is 5.75 Å². The van der Waals surface area contributed by atoms with Gasteiger partial charge in [-0.3, -0.25) is 9.35 Å². The van der Waals surface area contributed by atoms with E-state index < -0.39 is 41.6 Å². The maximum atomic E-state index is 12.6. The topological polar surface area (TPSA) is 180 Å². The Morgan fingerprint density at radius 1 is 1.03 bits per heavy atom. The minimum atomic E-state index is -4.79. The van der Waals surface area contributed by atoms with Gasteiger partial charge in [-0.2, -0.15) is 8.42 Å². The van der Waals surface area contributed by atoms with Gasteiger partial charge in [-0.05, 0) is 35.7 Å². The zero-order chi connectivity index (χ0) is 20.4. The summed E-state index contributed by atoms with van der Waals surface area (Å²) in [6.07, 6.45) is 0. The third-order valence-corrected chi connectivity index (χ3v) is 5.92. The van der Waals surface area contributed by atoms with Crippen molar-refractivity contribution < 1.29 is 95.0 Å². The van der Waals surface area contributed by atoms with E-state index in [1.165, 1.54) is 18.2 Å². The molecule has 0 fully saturated rings. The van der Waals surface area contributed by atoms with Crippen LogP contribution in [-0.2, 0) is 20.2 Å². The molecule has 2 heterocycles. The molecule has 0 radical (unpaired) electrons. The number of aliphatic imine (C=N–C) groups is 1. The van der Waals surface area contributed by atoms with Crippen LogP contribution >= 0.6 is 0 Å². The van der Waals surface area contributed by atoms with E-state index in [1.807, 2.05) is 0 Å². The summed E-state index contributed by atoms with van der Waals surface area (Å²) < 4.78 is 65.8. The van der Waals surface area contributed by atoms with Crippen molar-refractivity contribution in [1.29, 1.82) is 0 Å². The summed E-state index contributed by atoms with van der Waals surface area (Å²) in [6.45, 7) is 0. The Morgan fingerprint density at radius 2 is 1.70 bits per heavy atom. The first-order chi connectivity index (χ1) is 13.0. The first-order valence-corrected chi connectivity index (χ1v) is 10.4. The number of fused-ring (bicyclic) bond motifs is 2. The number of H-pyrrole nitrogens is 1. The summed E-state index contributed by atoms with van der Waals surface area (Å²) in [5.41, 5.74) is -0.942. The standard InChI is InChI=1S/C16H10N2O8S2.2Na/c19-15-8-2-1-3-11(28(24,25)26)12(8)18-14(15)13-16(20)9-6-7(27(21,22)23)4-5-10(9)17-13;;/h1-6,17,20H,(H,21,22,23)(H,24,25,26);;/q;2*+1/p-2. The van der Waals surface area contributed by atoms with Crippen molar-refractivity contribution in [2.45, 2.75) is 9.79 Å². The van der Waals surface area contributed by atoms with Gasteiger partial charge in [0.15, 0.2) is 0 Å². The number of hydrogen-bond acceptors (Lipinski definition) is 8. The zero-order valence-electron chi connectivity index (χ0n) is 15.5. The van der Waals surface area contributed by atoms with Gasteiger partial charge in [0, 0.05) is 5.52 Å². The number of carbonyl (C=O) groups excluding carboxylic acids is 1. The number of aromatic nitrogens is 1. The summed E-state index contributed by atoms with van der Waals surface area (Å²) in [5, 5.41) is 12.5. The maximum Gasteiger partial charge on any atom is 1.00 e. The van der Waals surface area contributed by atoms with Crippen LogP contribution in [0.25, 0.3) is 10.9 Å². The van der Waals surface area contributed by atoms with Gasteiger partial charge in [0.1, 0.15) is 20.7 Å². The third kappa shape index (κ3) is 4.17. The monoisotopic (exact) mass is 466 g/mol. The van der Waals surface area contributed by atoms with E-state index >= 15 is 0 Å². The van der Waals surface area contributed by atoms with Gasteiger partial charge in [-0.1, -0.05) is 11.8 Å². The second-order valence-electron chi connectivity index (χ2n) is 5.91. The van der Waals surface area contributed by atoms with E-state index in [-0.39, 0.29) is 92.7 Å². The number of benzene rings is 2. The van der Waals surface area contributed by atoms with Crippen LogP contribution < -0.4 is 64.2 Å². The van der Waals surface area contributed by atoms with Gasteiger partial charge in [-0.25, -0.2) is 13.4 Å². The molecule has 10 nitrogen and oxygen atoms in total. The summed E-state index contributed by atoms with van der Waals surface area (Å²) in [7, 11) is -9.45. The van der Waals surface area contributed by atoms with Crippen molar-refractivity contribution in [3.63, 3.8) is 0 Å². The molecule has 4 rings (SSSR count). The number of para-hydroxylation sites is 1. The van der Waals surface area contributed by atoms with Crippen molar-refractivity contribution in [3.05, 3.63) is 47.7 Å². The quantitative estimate of drug-likeness (QED) is 0.284. The summed E-state index contributed by atoms with van der Waals surface area (Å²) in [6, 6.07) is 6.68. The Kier molecular flexibility index (Phi) is 7.11. The average molecular weight is 466 g/mol. The molecule has 0 aliphatic carbocycles. The SMILES string of the molecule is O=C1C(c2[nH]c3ccc(S(=O)(=O)[O-])cc3c2[O-])=Nc2c1cccc2S(=O)(=O)O.[Na+].[Na+]. The summed E-state index contributed by atoms with van der Waals surface area (Å²) in [4.78, 5) is 18.0. The number of nitrogens with zero attached hydrogens (tertiary/aromatic N) is 1. The van der Waals surface area contributed by atoms with Crippen molar-refractivity contribution in [1.82, 2.24) is 4.98 Å². The van der Waals surface area contributed by atoms with Crippen LogP contribution in [0, 0.1) is 0 Å². The van der Waals surface area contributed by atoms with Crippen LogP contribution in [-0.4, -0.2) is 42.4 Å². The van der Waals surface area contributed by atoms with Gasteiger partial charge in [0.05, 0.1) is 21.8 Å². The molecule has 0 spiro atoms. The van der Waals surface area contributed by atoms with Crippen LogP contribution in [0.15, 0.2) is 51.2 Å². The number of rotatable bonds is 3. The molecule has 0 atom stereocenters. The molecule has 0 unspecified atom stereocenters. The fraction of sp³-hybridized carbons (Fsp3) is 0. The molecule has 0 bridgehead atoms. The third-order valence-electron chi connectivity index (χ3n) is 4.21. The zero-order valence-corrected chi connectivity index (χ0v) is 21.2. The van der Waals surface area contributed by atoms with Crippen molar-refractivity contribution >= 4 is 48.3 Å². The molecule has 0 saturated carbocycles. The second-order valence-corrected chi connectivity index (χ2v) is 8.68. The minimum absolute atomic E-state index is 0. The van der Waals surface area contributed by atoms with Crippen LogP contribution in [0.3, 0.4) is 0 Å². The summed E-state index contributed by atoms with van der Waals surface area (Å²) >= 11 is 0. The molecule has 3 aromatic rings. The first-order valence-electron chi connectivity index (χ1n) is 7.51. The Hall–Kier alpha value is -1.06. The van der Waals surface area contributed by atoms with Crippen molar-refractivity contribution in [2.24, 2.45) is 4.99 Å². The minimum Gasteiger partial charge on any atom is -0.871 e. The molecule has 30 heavy (non-hydrogen) atoms. The predicted octanol–water partition coefficient (Wildman–Crippen LogP) is -5.28. The van der Waals surface area contributed by atoms with Gasteiger partial charge in [-0.15, -0.1) is 0 Å². The molecule has 144 valence electrons. The van der Waals surface area contributed by atoms with Gasteiger partial charge in [0.25, 0.3) is 10.1 Å². The molecular weight excluding hydrogens is 458 g/mol. The number of hydrogen-bond donors (Lipinski definition) is 2. The smallest absolute Gasteiger partial charge is 0.871 e. The molecule has 14 heteroatoms. The van der Waals surface area contributed by atoms with Crippen molar-refractivity contribution in [2.75, 3.05) is 0 Å². The van der Waals surface area contributed by atoms with Gasteiger partial charge >= 0.3 is 59.1 Å². The molecule has 1 aliphatic heterocycles. The van der Waals surface area contributed by atoms with E-state index in [0.29, 0.717) is 0 Å². The Morgan fingerprint density at radius 3 is 2.30 bits per heavy atom. The molecule has 0 amide bonds. The first kappa shape index (κ1) is 25.2. The number of carbonyl (C=O) groups is 1. The Bertz CT molecular complexity index is 1440. The van der Waals surface area contributed by atoms with Crippen LogP contribution in [0.4, 0.5) is 5.69 Å². The molecule has 1 aromatic heterocycles. The van der Waals surface area contributed by atoms with Crippen LogP contribution in [0.2, 0.25) is 0 Å². The Labute approximate surface area is 214 Å². The fourth-order valence-corrected chi connectivity index (χ4v) is 4.10. The van der Waals surface area contributed by atoms with Gasteiger partial charge in [0.2, 0.25) is 5.78 Å². The number of ketones is 1. The molecule has 0 saturated heterocycles. The largest absolute Gasteiger partial charge is 1.00 e. The fourth-order valence-electron chi connectivity index (χ4n) is 2.96. The second kappa shape index (κ2) is 8.47. The van der Waals surface area contributed by atoms with E-state index in [2.05, 4.69) is 9.98 Å². The molecule has 2 aromatic carbocycles. The van der Waals surface area contributed by atoms with E-state index in [1.54, 1.807) is 0 Å². The molecule has 2 N–H and O–H groups in total. The number of nitrogens with one attached hydrogen (secondary N) is 1. The molecular formula is C16H8N2Na2O8S2. The summed E-state index contributed by atoms with van der Waals surface area (Å²) in [5.74, 6) is -1.53. The van der Waals surface area contributed by atoms with E-state index in [0.717, 1.165) is 18.2 Å². The van der Waals surface area contributed by atoms with Gasteiger partial charge < -0.3 is 14.6 Å². The number of aromatic amines is 1. The number of Topliss-reactive ketones (excluding diaryl/α,β-unsaturated/α-hetero) is 1. The Balaban J connectivity index is 0.00000160. The predicted molar refractivity (Wildman–Crippen MR) is 92.5 cm³/mol. The average Bonchev–Trinajstić information content (AvgIpc) is 3.10. The molecule has 1 aliphatic rings. The van der Waals surface area contributed by atoms with E-state index in [4.69, 9.17) is 0 Å². The van der Waals surface area contributed by atoms with Crippen LogP contribution in [0.1, 0.15) is 16.1 Å². The normalized spacial score (nSPS) is 13.4.